The molecular formula is C22H25NO3. The summed E-state index contributed by atoms with van der Waals surface area (Å²) in [6, 6.07) is 13.4. The number of rotatable bonds is 7. The van der Waals surface area contributed by atoms with Crippen LogP contribution in [-0.2, 0) is 17.6 Å². The zero-order valence-electron chi connectivity index (χ0n) is 15.2. The molecule has 0 heterocycles. The Balaban J connectivity index is 1.64. The molecule has 136 valence electrons. The molecule has 0 fully saturated rings. The van der Waals surface area contributed by atoms with Crippen molar-refractivity contribution in [1.82, 2.24) is 0 Å². The summed E-state index contributed by atoms with van der Waals surface area (Å²) in [5, 5.41) is 2.89. The Labute approximate surface area is 154 Å². The number of carbonyl (C=O) groups excluding carboxylic acids is 1. The van der Waals surface area contributed by atoms with E-state index >= 15 is 0 Å². The number of benzene rings is 2. The highest BCUT2D eigenvalue weighted by Gasteiger charge is 2.19. The van der Waals surface area contributed by atoms with E-state index in [1.54, 1.807) is 19.1 Å². The highest BCUT2D eigenvalue weighted by Crippen LogP contribution is 2.30. The van der Waals surface area contributed by atoms with E-state index in [2.05, 4.69) is 18.0 Å². The second-order valence-corrected chi connectivity index (χ2v) is 6.48. The van der Waals surface area contributed by atoms with Gasteiger partial charge in [0.15, 0.2) is 6.10 Å². The Morgan fingerprint density at radius 1 is 1.23 bits per heavy atom. The van der Waals surface area contributed by atoms with Crippen LogP contribution in [0.3, 0.4) is 0 Å². The van der Waals surface area contributed by atoms with E-state index in [1.807, 2.05) is 30.3 Å². The fourth-order valence-corrected chi connectivity index (χ4v) is 3.16. The molecular weight excluding hydrogens is 326 g/mol. The lowest BCUT2D eigenvalue weighted by molar-refractivity contribution is -0.122. The molecule has 1 N–H and O–H groups in total. The minimum absolute atomic E-state index is 0.181. The van der Waals surface area contributed by atoms with Crippen LogP contribution in [0.4, 0.5) is 5.69 Å². The third kappa shape index (κ3) is 4.45. The van der Waals surface area contributed by atoms with Crippen LogP contribution in [0.1, 0.15) is 30.9 Å². The van der Waals surface area contributed by atoms with Crippen molar-refractivity contribution in [1.29, 1.82) is 0 Å². The van der Waals surface area contributed by atoms with Gasteiger partial charge in [-0.25, -0.2) is 0 Å². The smallest absolute Gasteiger partial charge is 0.265 e. The minimum atomic E-state index is -0.582. The number of hydrogen-bond acceptors (Lipinski definition) is 3. The van der Waals surface area contributed by atoms with Crippen LogP contribution in [0.15, 0.2) is 55.1 Å². The first-order valence-corrected chi connectivity index (χ1v) is 9.09. The van der Waals surface area contributed by atoms with E-state index in [-0.39, 0.29) is 5.91 Å². The van der Waals surface area contributed by atoms with Crippen LogP contribution in [0.2, 0.25) is 0 Å². The van der Waals surface area contributed by atoms with Crippen LogP contribution in [-0.4, -0.2) is 18.6 Å². The van der Waals surface area contributed by atoms with Gasteiger partial charge in [-0.2, -0.15) is 0 Å². The Hall–Kier alpha value is -2.75. The van der Waals surface area contributed by atoms with E-state index in [0.29, 0.717) is 18.0 Å². The SMILES string of the molecule is C=CCOc1cccc(NC(=O)[C@@H](C)Oc2cccc3c2CCCC3)c1. The van der Waals surface area contributed by atoms with Gasteiger partial charge in [-0.15, -0.1) is 0 Å². The van der Waals surface area contributed by atoms with E-state index in [4.69, 9.17) is 9.47 Å². The second kappa shape index (κ2) is 8.56. The molecule has 0 aliphatic heterocycles. The molecule has 1 atom stereocenters. The van der Waals surface area contributed by atoms with Crippen molar-refractivity contribution in [3.05, 3.63) is 66.2 Å². The standard InChI is InChI=1S/C22H25NO3/c1-3-14-25-19-11-7-10-18(15-19)23-22(24)16(2)26-21-13-6-9-17-8-4-5-12-20(17)21/h3,6-7,9-11,13,15-16H,1,4-5,8,12,14H2,2H3,(H,23,24)/t16-/m1/s1. The summed E-state index contributed by atoms with van der Waals surface area (Å²) in [5.41, 5.74) is 3.27. The maximum Gasteiger partial charge on any atom is 0.265 e. The molecule has 2 aromatic carbocycles. The summed E-state index contributed by atoms with van der Waals surface area (Å²) in [6.07, 6.45) is 5.60. The number of fused-ring (bicyclic) bond motifs is 1. The lowest BCUT2D eigenvalue weighted by atomic mass is 9.91. The molecule has 0 aromatic heterocycles. The highest BCUT2D eigenvalue weighted by molar-refractivity contribution is 5.94. The van der Waals surface area contributed by atoms with Crippen molar-refractivity contribution in [3.63, 3.8) is 0 Å². The Morgan fingerprint density at radius 2 is 2.04 bits per heavy atom. The van der Waals surface area contributed by atoms with Gasteiger partial charge in [-0.1, -0.05) is 30.9 Å². The summed E-state index contributed by atoms with van der Waals surface area (Å²) in [4.78, 5) is 12.5. The fourth-order valence-electron chi connectivity index (χ4n) is 3.16. The maximum absolute atomic E-state index is 12.5. The van der Waals surface area contributed by atoms with Gasteiger partial charge in [-0.05, 0) is 61.9 Å². The quantitative estimate of drug-likeness (QED) is 0.745. The summed E-state index contributed by atoms with van der Waals surface area (Å²) in [5.74, 6) is 1.33. The highest BCUT2D eigenvalue weighted by atomic mass is 16.5. The number of anilines is 1. The van der Waals surface area contributed by atoms with E-state index in [0.717, 1.165) is 18.6 Å². The summed E-state index contributed by atoms with van der Waals surface area (Å²) in [6.45, 7) is 5.83. The molecule has 1 aliphatic rings. The van der Waals surface area contributed by atoms with E-state index in [1.165, 1.54) is 24.0 Å². The predicted molar refractivity (Wildman–Crippen MR) is 104 cm³/mol. The molecule has 0 unspecified atom stereocenters. The third-order valence-corrected chi connectivity index (χ3v) is 4.50. The van der Waals surface area contributed by atoms with Crippen molar-refractivity contribution in [2.45, 2.75) is 38.7 Å². The van der Waals surface area contributed by atoms with Gasteiger partial charge >= 0.3 is 0 Å². The zero-order valence-corrected chi connectivity index (χ0v) is 15.2. The normalized spacial score (nSPS) is 14.0. The number of nitrogens with one attached hydrogen (secondary N) is 1. The van der Waals surface area contributed by atoms with Crippen LogP contribution in [0.5, 0.6) is 11.5 Å². The first-order valence-electron chi connectivity index (χ1n) is 9.09. The lowest BCUT2D eigenvalue weighted by Gasteiger charge is -2.22. The van der Waals surface area contributed by atoms with Crippen molar-refractivity contribution >= 4 is 11.6 Å². The Kier molecular flexibility index (Phi) is 5.95. The summed E-state index contributed by atoms with van der Waals surface area (Å²) in [7, 11) is 0. The van der Waals surface area contributed by atoms with Crippen LogP contribution < -0.4 is 14.8 Å². The molecule has 0 bridgehead atoms. The molecule has 0 saturated carbocycles. The van der Waals surface area contributed by atoms with Crippen LogP contribution in [0.25, 0.3) is 0 Å². The second-order valence-electron chi connectivity index (χ2n) is 6.48. The number of hydrogen-bond donors (Lipinski definition) is 1. The monoisotopic (exact) mass is 351 g/mol. The summed E-state index contributed by atoms with van der Waals surface area (Å²) >= 11 is 0. The number of amides is 1. The van der Waals surface area contributed by atoms with Gasteiger partial charge in [0.2, 0.25) is 0 Å². The number of carbonyl (C=O) groups is 1. The molecule has 26 heavy (non-hydrogen) atoms. The average molecular weight is 351 g/mol. The topological polar surface area (TPSA) is 47.6 Å². The molecule has 3 rings (SSSR count). The van der Waals surface area contributed by atoms with Crippen molar-refractivity contribution < 1.29 is 14.3 Å². The first kappa shape index (κ1) is 18.1. The number of aryl methyl sites for hydroxylation is 1. The fraction of sp³-hybridized carbons (Fsp3) is 0.318. The van der Waals surface area contributed by atoms with Gasteiger partial charge in [0, 0.05) is 11.8 Å². The molecule has 4 nitrogen and oxygen atoms in total. The van der Waals surface area contributed by atoms with E-state index in [9.17, 15) is 4.79 Å². The molecule has 2 aromatic rings. The van der Waals surface area contributed by atoms with Gasteiger partial charge in [0.05, 0.1) is 0 Å². The minimum Gasteiger partial charge on any atom is -0.489 e. The van der Waals surface area contributed by atoms with Crippen LogP contribution >= 0.6 is 0 Å². The Morgan fingerprint density at radius 3 is 2.88 bits per heavy atom. The van der Waals surface area contributed by atoms with Crippen molar-refractivity contribution in [2.24, 2.45) is 0 Å². The first-order chi connectivity index (χ1) is 12.7. The zero-order chi connectivity index (χ0) is 18.4. The van der Waals surface area contributed by atoms with Gasteiger partial charge in [0.25, 0.3) is 5.91 Å². The van der Waals surface area contributed by atoms with Crippen molar-refractivity contribution in [2.75, 3.05) is 11.9 Å². The molecule has 1 aliphatic carbocycles. The molecule has 1 amide bonds. The third-order valence-electron chi connectivity index (χ3n) is 4.50. The lowest BCUT2D eigenvalue weighted by Crippen LogP contribution is -2.30. The largest absolute Gasteiger partial charge is 0.489 e. The Bertz CT molecular complexity index is 785. The summed E-state index contributed by atoms with van der Waals surface area (Å²) < 4.78 is 11.5. The maximum atomic E-state index is 12.5. The number of ether oxygens (including phenoxy) is 2. The predicted octanol–water partition coefficient (Wildman–Crippen LogP) is 4.54. The van der Waals surface area contributed by atoms with Crippen molar-refractivity contribution in [3.8, 4) is 11.5 Å². The van der Waals surface area contributed by atoms with Crippen LogP contribution in [0, 0.1) is 0 Å². The van der Waals surface area contributed by atoms with Gasteiger partial charge in [-0.3, -0.25) is 4.79 Å². The molecule has 4 heteroatoms. The van der Waals surface area contributed by atoms with Gasteiger partial charge in [0.1, 0.15) is 18.1 Å². The average Bonchev–Trinajstić information content (AvgIpc) is 2.67. The van der Waals surface area contributed by atoms with E-state index < -0.39 is 6.10 Å². The molecule has 0 spiro atoms. The molecule has 0 saturated heterocycles. The molecule has 0 radical (unpaired) electrons. The van der Waals surface area contributed by atoms with Gasteiger partial charge < -0.3 is 14.8 Å².